The number of hydrogen-bond donors (Lipinski definition) is 3. The lowest BCUT2D eigenvalue weighted by molar-refractivity contribution is -0.145. The van der Waals surface area contributed by atoms with Gasteiger partial charge in [0.2, 0.25) is 0 Å². The molecule has 166 valence electrons. The molecule has 1 saturated carbocycles. The Morgan fingerprint density at radius 1 is 0.931 bits per heavy atom. The van der Waals surface area contributed by atoms with E-state index < -0.39 is 24.6 Å². The molecule has 0 aliphatic heterocycles. The second-order valence-corrected chi connectivity index (χ2v) is 6.75. The van der Waals surface area contributed by atoms with Crippen LogP contribution in [0.5, 0.6) is 0 Å². The Bertz CT molecular complexity index is 561. The first-order valence-corrected chi connectivity index (χ1v) is 9.29. The predicted octanol–water partition coefficient (Wildman–Crippen LogP) is 2.54. The highest BCUT2D eigenvalue weighted by molar-refractivity contribution is 5.87. The van der Waals surface area contributed by atoms with Crippen molar-refractivity contribution in [2.75, 3.05) is 13.2 Å². The van der Waals surface area contributed by atoms with Crippen molar-refractivity contribution in [1.82, 2.24) is 0 Å². The van der Waals surface area contributed by atoms with Gasteiger partial charge in [0.25, 0.3) is 0 Å². The molecule has 8 heteroatoms. The largest absolute Gasteiger partial charge is 0.478 e. The zero-order chi connectivity index (χ0) is 23.0. The topological polar surface area (TPSA) is 130 Å². The van der Waals surface area contributed by atoms with Crippen LogP contribution in [0.15, 0.2) is 36.5 Å². The van der Waals surface area contributed by atoms with Crippen LogP contribution in [0.4, 0.5) is 0 Å². The van der Waals surface area contributed by atoms with Crippen molar-refractivity contribution in [2.24, 2.45) is 0 Å². The van der Waals surface area contributed by atoms with Crippen LogP contribution in [0.3, 0.4) is 0 Å². The molecule has 1 unspecified atom stereocenters. The number of carbonyl (C=O) groups is 3. The predicted molar refractivity (Wildman–Crippen MR) is 109 cm³/mol. The molecule has 0 aromatic heterocycles. The number of aliphatic hydroxyl groups is 2. The number of ether oxygens (including phenoxy) is 2. The van der Waals surface area contributed by atoms with Crippen LogP contribution in [0.1, 0.15) is 52.9 Å². The molecule has 0 radical (unpaired) electrons. The molecule has 3 N–H and O–H groups in total. The minimum atomic E-state index is -1.00. The molecule has 0 amide bonds. The molecule has 29 heavy (non-hydrogen) atoms. The first-order chi connectivity index (χ1) is 13.4. The number of carbonyl (C=O) groups excluding carboxylic acids is 2. The minimum absolute atomic E-state index is 0.156. The molecular weight excluding hydrogens is 380 g/mol. The summed E-state index contributed by atoms with van der Waals surface area (Å²) in [6.45, 7) is 14.1. The van der Waals surface area contributed by atoms with Gasteiger partial charge in [-0.1, -0.05) is 26.2 Å². The Morgan fingerprint density at radius 2 is 1.38 bits per heavy atom. The second kappa shape index (κ2) is 16.5. The lowest BCUT2D eigenvalue weighted by Crippen LogP contribution is -2.22. The molecule has 0 heterocycles. The van der Waals surface area contributed by atoms with Crippen LogP contribution in [0, 0.1) is 0 Å². The van der Waals surface area contributed by atoms with Crippen molar-refractivity contribution >= 4 is 17.9 Å². The highest BCUT2D eigenvalue weighted by Gasteiger charge is 2.17. The van der Waals surface area contributed by atoms with Gasteiger partial charge in [0.1, 0.15) is 18.8 Å². The van der Waals surface area contributed by atoms with Gasteiger partial charge in [-0.15, -0.1) is 0 Å². The molecule has 1 fully saturated rings. The van der Waals surface area contributed by atoms with Crippen LogP contribution >= 0.6 is 0 Å². The van der Waals surface area contributed by atoms with Crippen LogP contribution in [-0.4, -0.2) is 58.6 Å². The molecule has 1 atom stereocenters. The van der Waals surface area contributed by atoms with E-state index >= 15 is 0 Å². The Kier molecular flexibility index (Phi) is 16.4. The van der Waals surface area contributed by atoms with E-state index in [2.05, 4.69) is 24.5 Å². The molecule has 1 aliphatic carbocycles. The Labute approximate surface area is 172 Å². The van der Waals surface area contributed by atoms with Crippen molar-refractivity contribution in [1.29, 1.82) is 0 Å². The van der Waals surface area contributed by atoms with E-state index in [-0.39, 0.29) is 29.8 Å². The number of rotatable bonds is 7. The maximum absolute atomic E-state index is 11.1. The molecule has 0 spiro atoms. The number of aliphatic carboxylic acids is 1. The fraction of sp³-hybridized carbons (Fsp3) is 0.571. The number of aliphatic hydroxyl groups excluding tert-OH is 2. The van der Waals surface area contributed by atoms with Crippen LogP contribution in [0.25, 0.3) is 0 Å². The third kappa shape index (κ3) is 17.4. The van der Waals surface area contributed by atoms with Gasteiger partial charge in [-0.25, -0.2) is 14.4 Å². The molecule has 1 rings (SSSR count). The smallest absolute Gasteiger partial charge is 0.333 e. The Morgan fingerprint density at radius 3 is 1.72 bits per heavy atom. The first kappa shape index (κ1) is 28.8. The molecule has 0 aromatic rings. The van der Waals surface area contributed by atoms with Crippen molar-refractivity contribution in [3.05, 3.63) is 36.5 Å². The minimum Gasteiger partial charge on any atom is -0.478 e. The van der Waals surface area contributed by atoms with Crippen molar-refractivity contribution < 1.29 is 39.2 Å². The van der Waals surface area contributed by atoms with Gasteiger partial charge in [0, 0.05) is 16.7 Å². The van der Waals surface area contributed by atoms with Crippen LogP contribution < -0.4 is 0 Å². The fourth-order valence-electron chi connectivity index (χ4n) is 1.78. The van der Waals surface area contributed by atoms with Gasteiger partial charge < -0.3 is 24.8 Å². The summed E-state index contributed by atoms with van der Waals surface area (Å²) in [6, 6.07) is 0. The average Bonchev–Trinajstić information content (AvgIpc) is 2.67. The average molecular weight is 414 g/mol. The number of carboxylic acid groups (broad SMARTS) is 1. The molecule has 1 aliphatic rings. The first-order valence-electron chi connectivity index (χ1n) is 9.29. The molecule has 0 aromatic carbocycles. The number of hydrogen-bond acceptors (Lipinski definition) is 7. The second-order valence-electron chi connectivity index (χ2n) is 6.75. The highest BCUT2D eigenvalue weighted by atomic mass is 16.5. The van der Waals surface area contributed by atoms with E-state index in [9.17, 15) is 14.4 Å². The molecule has 8 nitrogen and oxygen atoms in total. The van der Waals surface area contributed by atoms with E-state index in [0.29, 0.717) is 5.57 Å². The van der Waals surface area contributed by atoms with Gasteiger partial charge in [-0.2, -0.15) is 0 Å². The zero-order valence-corrected chi connectivity index (χ0v) is 17.6. The van der Waals surface area contributed by atoms with Gasteiger partial charge in [0.15, 0.2) is 0 Å². The van der Waals surface area contributed by atoms with Gasteiger partial charge in [0.05, 0.1) is 6.61 Å². The van der Waals surface area contributed by atoms with E-state index in [1.165, 1.54) is 33.1 Å². The molecule has 0 saturated heterocycles. The molecular formula is C21H34O8. The summed E-state index contributed by atoms with van der Waals surface area (Å²) in [7, 11) is 0. The Hall–Kier alpha value is -2.45. The quantitative estimate of drug-likeness (QED) is 0.428. The maximum atomic E-state index is 11.1. The fourth-order valence-corrected chi connectivity index (χ4v) is 1.78. The van der Waals surface area contributed by atoms with Gasteiger partial charge >= 0.3 is 17.9 Å². The maximum Gasteiger partial charge on any atom is 0.333 e. The van der Waals surface area contributed by atoms with E-state index in [4.69, 9.17) is 20.1 Å². The number of esters is 2. The summed E-state index contributed by atoms with van der Waals surface area (Å²) in [6.07, 6.45) is 4.86. The van der Waals surface area contributed by atoms with Gasteiger partial charge in [-0.05, 0) is 46.5 Å². The zero-order valence-electron chi connectivity index (χ0n) is 17.6. The number of carboxylic acids is 1. The Balaban J connectivity index is 0. The summed E-state index contributed by atoms with van der Waals surface area (Å²) in [5.74, 6) is -1.73. The van der Waals surface area contributed by atoms with E-state index in [0.717, 1.165) is 12.8 Å². The SMILES string of the molecule is C=C(C)C(=O)O.C=C(C)C(=O)OC1CCCCC1.C=C(C)C(=O)OCC(O)CO. The summed E-state index contributed by atoms with van der Waals surface area (Å²) in [5, 5.41) is 24.9. The monoisotopic (exact) mass is 414 g/mol. The van der Waals surface area contributed by atoms with Crippen molar-refractivity contribution in [2.45, 2.75) is 65.1 Å². The van der Waals surface area contributed by atoms with Crippen molar-refractivity contribution in [3.63, 3.8) is 0 Å². The summed E-state index contributed by atoms with van der Waals surface area (Å²) >= 11 is 0. The summed E-state index contributed by atoms with van der Waals surface area (Å²) in [5.41, 5.74) is 0.950. The lowest BCUT2D eigenvalue weighted by Gasteiger charge is -2.21. The summed E-state index contributed by atoms with van der Waals surface area (Å²) in [4.78, 5) is 31.3. The standard InChI is InChI=1S/C10H16O2.C7H12O4.C4H6O2/c1-8(2)10(11)12-9-6-4-3-5-7-9;1-5(2)7(10)11-4-6(9)3-8;1-3(2)4(5)6/h9H,1,3-7H2,2H3;6,8-9H,1,3-4H2,2H3;1H2,2H3,(H,5,6). The van der Waals surface area contributed by atoms with Crippen molar-refractivity contribution in [3.8, 4) is 0 Å². The van der Waals surface area contributed by atoms with E-state index in [1.54, 1.807) is 6.92 Å². The van der Waals surface area contributed by atoms with Crippen LogP contribution in [0.2, 0.25) is 0 Å². The lowest BCUT2D eigenvalue weighted by atomic mass is 9.98. The van der Waals surface area contributed by atoms with Gasteiger partial charge in [-0.3, -0.25) is 0 Å². The molecule has 0 bridgehead atoms. The summed E-state index contributed by atoms with van der Waals surface area (Å²) < 4.78 is 9.72. The normalized spacial score (nSPS) is 14.0. The van der Waals surface area contributed by atoms with Crippen LogP contribution in [-0.2, 0) is 23.9 Å². The third-order valence-corrected chi connectivity index (χ3v) is 3.51. The third-order valence-electron chi connectivity index (χ3n) is 3.51. The highest BCUT2D eigenvalue weighted by Crippen LogP contribution is 2.20. The van der Waals surface area contributed by atoms with E-state index in [1.807, 2.05) is 0 Å².